The van der Waals surface area contributed by atoms with E-state index in [0.717, 1.165) is 6.07 Å². The van der Waals surface area contributed by atoms with Gasteiger partial charge in [-0.15, -0.1) is 0 Å². The zero-order chi connectivity index (χ0) is 19.5. The Balaban J connectivity index is 2.54. The van der Waals surface area contributed by atoms with Crippen LogP contribution in [0.15, 0.2) is 52.3 Å². The van der Waals surface area contributed by atoms with Crippen molar-refractivity contribution in [1.82, 2.24) is 0 Å². The van der Waals surface area contributed by atoms with Gasteiger partial charge in [-0.05, 0) is 29.3 Å². The van der Waals surface area contributed by atoms with Crippen LogP contribution in [0.25, 0.3) is 12.2 Å². The van der Waals surface area contributed by atoms with Gasteiger partial charge in [0.1, 0.15) is 9.79 Å². The van der Waals surface area contributed by atoms with E-state index in [2.05, 4.69) is 4.72 Å². The van der Waals surface area contributed by atoms with Gasteiger partial charge in [0.25, 0.3) is 31.5 Å². The Bertz CT molecular complexity index is 1090. The number of rotatable bonds is 6. The lowest BCUT2D eigenvalue weighted by Gasteiger charge is -2.07. The summed E-state index contributed by atoms with van der Waals surface area (Å²) in [5, 5.41) is 0. The van der Waals surface area contributed by atoms with E-state index in [4.69, 9.17) is 4.55 Å². The lowest BCUT2D eigenvalue weighted by Crippen LogP contribution is -2.05. The minimum atomic E-state index is -4.67. The third-order valence-corrected chi connectivity index (χ3v) is 5.38. The molecule has 0 fully saturated rings. The van der Waals surface area contributed by atoms with Crippen LogP contribution in [0.1, 0.15) is 11.1 Å². The van der Waals surface area contributed by atoms with E-state index in [0.29, 0.717) is 0 Å². The van der Waals surface area contributed by atoms with Gasteiger partial charge < -0.3 is 0 Å². The topological polar surface area (TPSA) is 158 Å². The molecule has 9 nitrogen and oxygen atoms in total. The van der Waals surface area contributed by atoms with Crippen molar-refractivity contribution in [3.8, 4) is 0 Å². The maximum atomic E-state index is 11.5. The van der Waals surface area contributed by atoms with Gasteiger partial charge in [-0.1, -0.05) is 36.4 Å². The van der Waals surface area contributed by atoms with Crippen molar-refractivity contribution in [2.24, 2.45) is 0 Å². The number of hydrogen-bond acceptors (Lipinski definition) is 5. The second kappa shape index (κ2) is 7.65. The van der Waals surface area contributed by atoms with Crippen LogP contribution >= 0.6 is 0 Å². The molecule has 0 aliphatic carbocycles. The molecule has 0 aliphatic heterocycles. The minimum Gasteiger partial charge on any atom is -0.289 e. The Morgan fingerprint density at radius 2 is 1.38 bits per heavy atom. The fourth-order valence-electron chi connectivity index (χ4n) is 2.09. The Morgan fingerprint density at radius 1 is 0.846 bits per heavy atom. The average molecular weight is 419 g/mol. The van der Waals surface area contributed by atoms with E-state index in [1.807, 2.05) is 0 Å². The first-order valence-corrected chi connectivity index (χ1v) is 10.7. The highest BCUT2D eigenvalue weighted by molar-refractivity contribution is 7.86. The monoisotopic (exact) mass is 419 g/mol. The largest absolute Gasteiger partial charge is 0.295 e. The third kappa shape index (κ3) is 5.20. The van der Waals surface area contributed by atoms with Crippen LogP contribution in [-0.4, -0.2) is 34.7 Å². The molecule has 12 heteroatoms. The van der Waals surface area contributed by atoms with Crippen molar-refractivity contribution in [2.45, 2.75) is 9.79 Å². The molecule has 1 atom stereocenters. The quantitative estimate of drug-likeness (QED) is 0.314. The van der Waals surface area contributed by atoms with Crippen molar-refractivity contribution < 1.29 is 34.7 Å². The number of anilines is 1. The molecule has 0 aliphatic rings. The second-order valence-corrected chi connectivity index (χ2v) is 8.41. The molecule has 140 valence electrons. The smallest absolute Gasteiger partial charge is 0.289 e. The number of nitrogens with one attached hydrogen (secondary N) is 1. The maximum absolute atomic E-state index is 11.5. The molecule has 0 bridgehead atoms. The average Bonchev–Trinajstić information content (AvgIpc) is 2.51. The minimum absolute atomic E-state index is 0.00749. The second-order valence-electron chi connectivity index (χ2n) is 4.93. The molecule has 2 aromatic carbocycles. The molecule has 2 aromatic rings. The number of hydrogen-bond donors (Lipinski definition) is 4. The molecule has 0 heterocycles. The Kier molecular flexibility index (Phi) is 5.95. The highest BCUT2D eigenvalue weighted by Crippen LogP contribution is 2.24. The van der Waals surface area contributed by atoms with Crippen molar-refractivity contribution >= 4 is 49.3 Å². The van der Waals surface area contributed by atoms with Gasteiger partial charge in [0, 0.05) is 5.69 Å². The zero-order valence-corrected chi connectivity index (χ0v) is 15.3. The lowest BCUT2D eigenvalue weighted by atomic mass is 10.1. The molecule has 0 spiro atoms. The van der Waals surface area contributed by atoms with Crippen LogP contribution in [0.2, 0.25) is 0 Å². The zero-order valence-electron chi connectivity index (χ0n) is 12.8. The lowest BCUT2D eigenvalue weighted by molar-refractivity contribution is 0.480. The summed E-state index contributed by atoms with van der Waals surface area (Å²) in [6.45, 7) is 0. The van der Waals surface area contributed by atoms with Gasteiger partial charge >= 0.3 is 0 Å². The summed E-state index contributed by atoms with van der Waals surface area (Å²) in [5.74, 6) is 0. The predicted octanol–water partition coefficient (Wildman–Crippen LogP) is 1.90. The highest BCUT2D eigenvalue weighted by atomic mass is 32.2. The maximum Gasteiger partial charge on any atom is 0.295 e. The summed E-state index contributed by atoms with van der Waals surface area (Å²) in [6.07, 6.45) is 2.46. The van der Waals surface area contributed by atoms with Crippen LogP contribution in [0, 0.1) is 0 Å². The van der Waals surface area contributed by atoms with Crippen LogP contribution in [0.5, 0.6) is 0 Å². The summed E-state index contributed by atoms with van der Waals surface area (Å²) in [7, 11) is -9.16. The van der Waals surface area contributed by atoms with Crippen molar-refractivity contribution in [3.05, 3.63) is 53.6 Å². The Hall–Kier alpha value is -2.09. The van der Waals surface area contributed by atoms with Crippen LogP contribution in [-0.2, 0) is 31.5 Å². The third-order valence-electron chi connectivity index (χ3n) is 3.14. The van der Waals surface area contributed by atoms with Gasteiger partial charge in [-0.3, -0.25) is 18.4 Å². The Labute approximate surface area is 152 Å². The summed E-state index contributed by atoms with van der Waals surface area (Å²) in [4.78, 5) is -0.938. The summed E-state index contributed by atoms with van der Waals surface area (Å²) >= 11 is -2.44. The fraction of sp³-hybridized carbons (Fsp3) is 0. The Morgan fingerprint density at radius 3 is 1.92 bits per heavy atom. The van der Waals surface area contributed by atoms with Crippen LogP contribution in [0.3, 0.4) is 0 Å². The molecule has 0 saturated heterocycles. The normalized spacial score (nSPS) is 13.7. The van der Waals surface area contributed by atoms with Crippen LogP contribution in [0.4, 0.5) is 5.69 Å². The standard InChI is InChI=1S/C14H13NO8S3/c16-24(17)15-12-8-7-11(14(9-12)26(21,22)23)6-5-10-3-1-2-4-13(10)25(18,19)20/h1-9,15H,(H,16,17)(H,18,19,20)(H,21,22,23). The van der Waals surface area contributed by atoms with E-state index < -0.39 is 36.4 Å². The molecule has 0 saturated carbocycles. The molecule has 0 radical (unpaired) electrons. The van der Waals surface area contributed by atoms with Gasteiger partial charge in [0.05, 0.1) is 0 Å². The molecule has 26 heavy (non-hydrogen) atoms. The first kappa shape index (κ1) is 20.2. The molecule has 0 amide bonds. The SMILES string of the molecule is O=S(O)Nc1ccc(C=Cc2ccccc2S(=O)(=O)O)c(S(=O)(=O)O)c1. The highest BCUT2D eigenvalue weighted by Gasteiger charge is 2.16. The van der Waals surface area contributed by atoms with Crippen LogP contribution < -0.4 is 4.72 Å². The molecular weight excluding hydrogens is 406 g/mol. The van der Waals surface area contributed by atoms with E-state index in [9.17, 15) is 30.1 Å². The van der Waals surface area contributed by atoms with E-state index in [1.165, 1.54) is 48.6 Å². The molecular formula is C14H13NO8S3. The van der Waals surface area contributed by atoms with E-state index in [-0.39, 0.29) is 21.7 Å². The first-order valence-electron chi connectivity index (χ1n) is 6.72. The van der Waals surface area contributed by atoms with Crippen molar-refractivity contribution in [3.63, 3.8) is 0 Å². The van der Waals surface area contributed by atoms with E-state index in [1.54, 1.807) is 0 Å². The number of benzene rings is 2. The first-order chi connectivity index (χ1) is 12.0. The molecule has 2 rings (SSSR count). The van der Waals surface area contributed by atoms with Gasteiger partial charge in [-0.2, -0.15) is 16.8 Å². The van der Waals surface area contributed by atoms with Gasteiger partial charge in [0.2, 0.25) is 0 Å². The predicted molar refractivity (Wildman–Crippen MR) is 95.8 cm³/mol. The molecule has 0 aromatic heterocycles. The summed E-state index contributed by atoms with van der Waals surface area (Å²) in [6, 6.07) is 8.95. The van der Waals surface area contributed by atoms with Crippen molar-refractivity contribution in [1.29, 1.82) is 0 Å². The van der Waals surface area contributed by atoms with E-state index >= 15 is 0 Å². The summed E-state index contributed by atoms with van der Waals surface area (Å²) in [5.41, 5.74) is 0.0517. The summed E-state index contributed by atoms with van der Waals surface area (Å²) < 4.78 is 86.0. The molecule has 4 N–H and O–H groups in total. The van der Waals surface area contributed by atoms with Gasteiger partial charge in [-0.25, -0.2) is 4.21 Å². The fourth-order valence-corrected chi connectivity index (χ4v) is 3.82. The van der Waals surface area contributed by atoms with Crippen molar-refractivity contribution in [2.75, 3.05) is 4.72 Å². The van der Waals surface area contributed by atoms with Gasteiger partial charge in [0.15, 0.2) is 0 Å². The molecule has 1 unspecified atom stereocenters.